The number of carboxylic acids is 1. The van der Waals surface area contributed by atoms with Crippen molar-refractivity contribution in [1.82, 2.24) is 5.32 Å². The van der Waals surface area contributed by atoms with Crippen molar-refractivity contribution in [2.45, 2.75) is 25.8 Å². The van der Waals surface area contributed by atoms with Crippen LogP contribution in [-0.2, 0) is 9.59 Å². The Morgan fingerprint density at radius 2 is 2.24 bits per heavy atom. The molecule has 5 nitrogen and oxygen atoms in total. The maximum absolute atomic E-state index is 11.7. The highest BCUT2D eigenvalue weighted by atomic mass is 35.5. The van der Waals surface area contributed by atoms with E-state index in [0.29, 0.717) is 23.6 Å². The lowest BCUT2D eigenvalue weighted by atomic mass is 10.1. The summed E-state index contributed by atoms with van der Waals surface area (Å²) in [6.07, 6.45) is 2.41. The van der Waals surface area contributed by atoms with Crippen LogP contribution in [0.3, 0.4) is 0 Å². The molecule has 1 amide bonds. The topological polar surface area (TPSA) is 75.6 Å². The Hall–Kier alpha value is -2.01. The standard InChI is InChI=1S/C15H18ClNO4/c1-3-4-5-13(15(19)20)17-14(18)9-21-11-6-7-12(16)10(2)8-11/h3,6-8,13H,1,4-5,9H2,2H3,(H,17,18)(H,19,20). The molecule has 1 aromatic rings. The van der Waals surface area contributed by atoms with Crippen molar-refractivity contribution >= 4 is 23.5 Å². The number of carbonyl (C=O) groups excluding carboxylic acids is 1. The van der Waals surface area contributed by atoms with Gasteiger partial charge in [-0.3, -0.25) is 4.79 Å². The van der Waals surface area contributed by atoms with Crippen molar-refractivity contribution in [1.29, 1.82) is 0 Å². The van der Waals surface area contributed by atoms with Gasteiger partial charge in [0, 0.05) is 5.02 Å². The number of rotatable bonds is 8. The highest BCUT2D eigenvalue weighted by molar-refractivity contribution is 6.31. The van der Waals surface area contributed by atoms with E-state index < -0.39 is 17.9 Å². The molecule has 21 heavy (non-hydrogen) atoms. The van der Waals surface area contributed by atoms with Crippen LogP contribution in [0.25, 0.3) is 0 Å². The van der Waals surface area contributed by atoms with E-state index in [1.54, 1.807) is 24.3 Å². The minimum absolute atomic E-state index is 0.251. The monoisotopic (exact) mass is 311 g/mol. The second-order valence-electron chi connectivity index (χ2n) is 4.52. The van der Waals surface area contributed by atoms with Crippen LogP contribution in [0.4, 0.5) is 0 Å². The van der Waals surface area contributed by atoms with Crippen LogP contribution in [-0.4, -0.2) is 29.6 Å². The van der Waals surface area contributed by atoms with Gasteiger partial charge in [0.05, 0.1) is 0 Å². The van der Waals surface area contributed by atoms with Crippen molar-refractivity contribution in [3.05, 3.63) is 41.4 Å². The smallest absolute Gasteiger partial charge is 0.326 e. The summed E-state index contributed by atoms with van der Waals surface area (Å²) in [7, 11) is 0. The molecule has 0 bridgehead atoms. The number of allylic oxidation sites excluding steroid dienone is 1. The maximum Gasteiger partial charge on any atom is 0.326 e. The highest BCUT2D eigenvalue weighted by Crippen LogP contribution is 2.20. The van der Waals surface area contributed by atoms with E-state index in [9.17, 15) is 9.59 Å². The van der Waals surface area contributed by atoms with Gasteiger partial charge in [0.25, 0.3) is 5.91 Å². The third-order valence-electron chi connectivity index (χ3n) is 2.79. The third-order valence-corrected chi connectivity index (χ3v) is 3.22. The van der Waals surface area contributed by atoms with Crippen molar-refractivity contribution in [3.63, 3.8) is 0 Å². The zero-order chi connectivity index (χ0) is 15.8. The average molecular weight is 312 g/mol. The largest absolute Gasteiger partial charge is 0.484 e. The summed E-state index contributed by atoms with van der Waals surface area (Å²) in [5, 5.41) is 12.0. The quantitative estimate of drug-likeness (QED) is 0.723. The van der Waals surface area contributed by atoms with E-state index in [1.165, 1.54) is 0 Å². The number of benzene rings is 1. The molecule has 1 aromatic carbocycles. The highest BCUT2D eigenvalue weighted by Gasteiger charge is 2.19. The fourth-order valence-electron chi connectivity index (χ4n) is 1.63. The molecule has 0 fully saturated rings. The summed E-state index contributed by atoms with van der Waals surface area (Å²) in [6.45, 7) is 5.09. The second-order valence-corrected chi connectivity index (χ2v) is 4.93. The molecule has 1 unspecified atom stereocenters. The van der Waals surface area contributed by atoms with Crippen LogP contribution >= 0.6 is 11.6 Å². The fraction of sp³-hybridized carbons (Fsp3) is 0.333. The molecule has 2 N–H and O–H groups in total. The van der Waals surface area contributed by atoms with Gasteiger partial charge in [-0.2, -0.15) is 0 Å². The molecule has 0 aromatic heterocycles. The van der Waals surface area contributed by atoms with E-state index in [2.05, 4.69) is 11.9 Å². The summed E-state index contributed by atoms with van der Waals surface area (Å²) in [5.74, 6) is -1.06. The number of ether oxygens (including phenoxy) is 1. The Kier molecular flexibility index (Phi) is 6.75. The van der Waals surface area contributed by atoms with Crippen molar-refractivity contribution < 1.29 is 19.4 Å². The first-order chi connectivity index (χ1) is 9.93. The van der Waals surface area contributed by atoms with Crippen molar-refractivity contribution in [2.75, 3.05) is 6.61 Å². The molecule has 0 spiro atoms. The molecule has 0 heterocycles. The number of hydrogen-bond donors (Lipinski definition) is 2. The van der Waals surface area contributed by atoms with Gasteiger partial charge < -0.3 is 15.2 Å². The molecule has 0 saturated heterocycles. The Morgan fingerprint density at radius 3 is 2.81 bits per heavy atom. The van der Waals surface area contributed by atoms with Crippen LogP contribution in [0, 0.1) is 6.92 Å². The SMILES string of the molecule is C=CCCC(NC(=O)COc1ccc(Cl)c(C)c1)C(=O)O. The lowest BCUT2D eigenvalue weighted by Crippen LogP contribution is -2.42. The molecule has 114 valence electrons. The first kappa shape index (κ1) is 17.0. The third kappa shape index (κ3) is 5.87. The van der Waals surface area contributed by atoms with Crippen LogP contribution in [0.1, 0.15) is 18.4 Å². The summed E-state index contributed by atoms with van der Waals surface area (Å²) in [6, 6.07) is 4.09. The predicted octanol–water partition coefficient (Wildman–Crippen LogP) is 2.56. The predicted molar refractivity (Wildman–Crippen MR) is 80.7 cm³/mol. The number of nitrogens with one attached hydrogen (secondary N) is 1. The average Bonchev–Trinajstić information content (AvgIpc) is 2.44. The first-order valence-electron chi connectivity index (χ1n) is 6.46. The van der Waals surface area contributed by atoms with Crippen LogP contribution in [0.2, 0.25) is 5.02 Å². The Balaban J connectivity index is 2.50. The van der Waals surface area contributed by atoms with Gasteiger partial charge in [-0.1, -0.05) is 17.7 Å². The minimum Gasteiger partial charge on any atom is -0.484 e. The maximum atomic E-state index is 11.7. The molecule has 0 radical (unpaired) electrons. The number of carbonyl (C=O) groups is 2. The zero-order valence-corrected chi connectivity index (χ0v) is 12.5. The number of aryl methyl sites for hydroxylation is 1. The molecular formula is C15H18ClNO4. The Labute approximate surface area is 128 Å². The Morgan fingerprint density at radius 1 is 1.52 bits per heavy atom. The second kappa shape index (κ2) is 8.32. The molecule has 6 heteroatoms. The van der Waals surface area contributed by atoms with Gasteiger partial charge in [0.15, 0.2) is 6.61 Å². The number of halogens is 1. The molecule has 0 aliphatic rings. The molecule has 1 atom stereocenters. The van der Waals surface area contributed by atoms with Crippen LogP contribution < -0.4 is 10.1 Å². The van der Waals surface area contributed by atoms with E-state index in [0.717, 1.165) is 5.56 Å². The van der Waals surface area contributed by atoms with Gasteiger partial charge in [0.2, 0.25) is 0 Å². The number of aliphatic carboxylic acids is 1. The lowest BCUT2D eigenvalue weighted by molar-refractivity contribution is -0.142. The summed E-state index contributed by atoms with van der Waals surface area (Å²) < 4.78 is 5.30. The molecule has 1 rings (SSSR count). The fourth-order valence-corrected chi connectivity index (χ4v) is 1.75. The summed E-state index contributed by atoms with van der Waals surface area (Å²) in [4.78, 5) is 22.7. The normalized spacial score (nSPS) is 11.5. The summed E-state index contributed by atoms with van der Waals surface area (Å²) >= 11 is 5.89. The molecular weight excluding hydrogens is 294 g/mol. The first-order valence-corrected chi connectivity index (χ1v) is 6.84. The zero-order valence-electron chi connectivity index (χ0n) is 11.8. The van der Waals surface area contributed by atoms with E-state index in [4.69, 9.17) is 21.4 Å². The van der Waals surface area contributed by atoms with Crippen molar-refractivity contribution in [3.8, 4) is 5.75 Å². The van der Waals surface area contributed by atoms with Gasteiger partial charge in [-0.25, -0.2) is 4.79 Å². The molecule has 0 aliphatic heterocycles. The van der Waals surface area contributed by atoms with Gasteiger partial charge in [-0.15, -0.1) is 6.58 Å². The molecule has 0 aliphatic carbocycles. The van der Waals surface area contributed by atoms with Gasteiger partial charge in [0.1, 0.15) is 11.8 Å². The van der Waals surface area contributed by atoms with E-state index >= 15 is 0 Å². The molecule has 0 saturated carbocycles. The van der Waals surface area contributed by atoms with Crippen LogP contribution in [0.15, 0.2) is 30.9 Å². The van der Waals surface area contributed by atoms with Gasteiger partial charge in [-0.05, 0) is 43.5 Å². The van der Waals surface area contributed by atoms with Crippen molar-refractivity contribution in [2.24, 2.45) is 0 Å². The van der Waals surface area contributed by atoms with Crippen LogP contribution in [0.5, 0.6) is 5.75 Å². The number of carboxylic acid groups (broad SMARTS) is 1. The van der Waals surface area contributed by atoms with E-state index in [1.807, 2.05) is 6.92 Å². The Bertz CT molecular complexity index is 530. The number of hydrogen-bond acceptors (Lipinski definition) is 3. The summed E-state index contributed by atoms with van der Waals surface area (Å²) in [5.41, 5.74) is 0.837. The van der Waals surface area contributed by atoms with Gasteiger partial charge >= 0.3 is 5.97 Å². The minimum atomic E-state index is -1.08. The lowest BCUT2D eigenvalue weighted by Gasteiger charge is -2.14. The van der Waals surface area contributed by atoms with E-state index in [-0.39, 0.29) is 6.61 Å². The number of amides is 1.